The Hall–Kier alpha value is -0.570. The summed E-state index contributed by atoms with van der Waals surface area (Å²) in [5, 5.41) is 7.37. The van der Waals surface area contributed by atoms with E-state index in [1.165, 1.54) is 6.20 Å². The van der Waals surface area contributed by atoms with Crippen molar-refractivity contribution >= 4 is 21.8 Å². The predicted molar refractivity (Wildman–Crippen MR) is 86.1 cm³/mol. The monoisotopic (exact) mass is 332 g/mol. The molecule has 2 rings (SSSR count). The average Bonchev–Trinajstić information content (AvgIpc) is 2.94. The number of sulfonamides is 1. The van der Waals surface area contributed by atoms with Gasteiger partial charge in [-0.2, -0.15) is 16.9 Å². The molecule has 0 radical (unpaired) electrons. The van der Waals surface area contributed by atoms with Crippen LogP contribution in [0.2, 0.25) is 0 Å². The lowest BCUT2D eigenvalue weighted by molar-refractivity contribution is 0.528. The van der Waals surface area contributed by atoms with Gasteiger partial charge in [0.25, 0.3) is 0 Å². The molecule has 8 heteroatoms. The largest absolute Gasteiger partial charge is 0.317 e. The summed E-state index contributed by atoms with van der Waals surface area (Å²) < 4.78 is 29.1. The molecule has 0 spiro atoms. The highest BCUT2D eigenvalue weighted by molar-refractivity contribution is 7.99. The van der Waals surface area contributed by atoms with E-state index in [4.69, 9.17) is 0 Å². The maximum Gasteiger partial charge on any atom is 0.243 e. The van der Waals surface area contributed by atoms with Gasteiger partial charge in [-0.05, 0) is 43.9 Å². The summed E-state index contributed by atoms with van der Waals surface area (Å²) in [5.74, 6) is 2.05. The first-order valence-electron chi connectivity index (χ1n) is 7.45. The number of aromatic nitrogens is 2. The van der Waals surface area contributed by atoms with Crippen LogP contribution in [0.3, 0.4) is 0 Å². The molecule has 2 N–H and O–H groups in total. The van der Waals surface area contributed by atoms with Gasteiger partial charge in [-0.1, -0.05) is 6.92 Å². The normalized spacial score (nSPS) is 17.2. The third kappa shape index (κ3) is 5.28. The molecule has 0 saturated carbocycles. The Labute approximate surface area is 131 Å². The smallest absolute Gasteiger partial charge is 0.243 e. The number of nitrogens with zero attached hydrogens (tertiary/aromatic N) is 2. The Balaban J connectivity index is 1.89. The van der Waals surface area contributed by atoms with Gasteiger partial charge in [0, 0.05) is 18.8 Å². The fourth-order valence-corrected chi connectivity index (χ4v) is 4.61. The molecule has 1 aliphatic heterocycles. The molecule has 0 aliphatic carbocycles. The van der Waals surface area contributed by atoms with Crippen LogP contribution < -0.4 is 10.0 Å². The fourth-order valence-electron chi connectivity index (χ4n) is 2.25. The van der Waals surface area contributed by atoms with E-state index in [9.17, 15) is 8.42 Å². The second-order valence-electron chi connectivity index (χ2n) is 5.15. The van der Waals surface area contributed by atoms with Crippen molar-refractivity contribution in [2.45, 2.75) is 43.7 Å². The molecule has 0 amide bonds. The summed E-state index contributed by atoms with van der Waals surface area (Å²) in [4.78, 5) is 0.268. The molecule has 1 saturated heterocycles. The van der Waals surface area contributed by atoms with Crippen LogP contribution in [0.4, 0.5) is 0 Å². The number of hydrogen-bond acceptors (Lipinski definition) is 5. The Morgan fingerprint density at radius 1 is 1.43 bits per heavy atom. The highest BCUT2D eigenvalue weighted by Gasteiger charge is 2.23. The van der Waals surface area contributed by atoms with Crippen molar-refractivity contribution in [1.82, 2.24) is 19.8 Å². The Morgan fingerprint density at radius 2 is 2.19 bits per heavy atom. The van der Waals surface area contributed by atoms with Crippen molar-refractivity contribution in [2.24, 2.45) is 0 Å². The van der Waals surface area contributed by atoms with Crippen molar-refractivity contribution < 1.29 is 8.42 Å². The minimum Gasteiger partial charge on any atom is -0.317 e. The SMILES string of the molecule is CCNCCCn1cc(S(=O)(=O)NC2CCSCC2)cn1. The minimum atomic E-state index is -3.43. The zero-order valence-electron chi connectivity index (χ0n) is 12.4. The van der Waals surface area contributed by atoms with Crippen LogP contribution in [0.5, 0.6) is 0 Å². The Bertz CT molecular complexity index is 524. The molecule has 0 bridgehead atoms. The van der Waals surface area contributed by atoms with Gasteiger partial charge < -0.3 is 5.32 Å². The number of nitrogens with one attached hydrogen (secondary N) is 2. The lowest BCUT2D eigenvalue weighted by Gasteiger charge is -2.21. The number of aryl methyl sites for hydroxylation is 1. The van der Waals surface area contributed by atoms with Gasteiger partial charge in [0.1, 0.15) is 4.90 Å². The fraction of sp³-hybridized carbons (Fsp3) is 0.769. The summed E-state index contributed by atoms with van der Waals surface area (Å²) in [7, 11) is -3.43. The standard InChI is InChI=1S/C13H24N4O2S2/c1-2-14-6-3-7-17-11-13(10-15-17)21(18,19)16-12-4-8-20-9-5-12/h10-12,14,16H,2-9H2,1H3. The van der Waals surface area contributed by atoms with Crippen LogP contribution in [0.25, 0.3) is 0 Å². The van der Waals surface area contributed by atoms with Gasteiger partial charge in [-0.25, -0.2) is 13.1 Å². The molecule has 0 aromatic carbocycles. The summed E-state index contributed by atoms with van der Waals surface area (Å²) in [6.45, 7) is 4.65. The molecule has 1 aromatic rings. The summed E-state index contributed by atoms with van der Waals surface area (Å²) in [6.07, 6.45) is 5.79. The van der Waals surface area contributed by atoms with E-state index < -0.39 is 10.0 Å². The Morgan fingerprint density at radius 3 is 2.90 bits per heavy atom. The molecule has 1 aromatic heterocycles. The van der Waals surface area contributed by atoms with Crippen LogP contribution >= 0.6 is 11.8 Å². The first-order valence-corrected chi connectivity index (χ1v) is 10.1. The molecular weight excluding hydrogens is 308 g/mol. The molecule has 21 heavy (non-hydrogen) atoms. The minimum absolute atomic E-state index is 0.0633. The van der Waals surface area contributed by atoms with Crippen LogP contribution in [-0.2, 0) is 16.6 Å². The van der Waals surface area contributed by atoms with Gasteiger partial charge in [0.05, 0.1) is 6.20 Å². The van der Waals surface area contributed by atoms with Gasteiger partial charge >= 0.3 is 0 Å². The van der Waals surface area contributed by atoms with Gasteiger partial charge in [0.15, 0.2) is 0 Å². The van der Waals surface area contributed by atoms with Gasteiger partial charge in [0.2, 0.25) is 10.0 Å². The van der Waals surface area contributed by atoms with E-state index in [-0.39, 0.29) is 10.9 Å². The van der Waals surface area contributed by atoms with Crippen molar-refractivity contribution in [3.63, 3.8) is 0 Å². The van der Waals surface area contributed by atoms with Crippen molar-refractivity contribution in [3.05, 3.63) is 12.4 Å². The number of hydrogen-bond donors (Lipinski definition) is 2. The molecular formula is C13H24N4O2S2. The van der Waals surface area contributed by atoms with Crippen LogP contribution in [0.15, 0.2) is 17.3 Å². The zero-order valence-corrected chi connectivity index (χ0v) is 14.0. The third-order valence-electron chi connectivity index (χ3n) is 3.45. The third-order valence-corrected chi connectivity index (χ3v) is 5.98. The summed E-state index contributed by atoms with van der Waals surface area (Å²) in [5.41, 5.74) is 0. The Kier molecular flexibility index (Phi) is 6.53. The highest BCUT2D eigenvalue weighted by atomic mass is 32.2. The first-order chi connectivity index (χ1) is 10.1. The van der Waals surface area contributed by atoms with Gasteiger partial charge in [-0.15, -0.1) is 0 Å². The molecule has 1 aliphatic rings. The zero-order chi connectivity index (χ0) is 15.1. The van der Waals surface area contributed by atoms with E-state index in [2.05, 4.69) is 22.1 Å². The van der Waals surface area contributed by atoms with E-state index in [1.807, 2.05) is 11.8 Å². The molecule has 6 nitrogen and oxygen atoms in total. The van der Waals surface area contributed by atoms with Crippen LogP contribution in [-0.4, -0.2) is 48.8 Å². The summed E-state index contributed by atoms with van der Waals surface area (Å²) in [6, 6.07) is 0.0633. The van der Waals surface area contributed by atoms with E-state index in [0.717, 1.165) is 50.4 Å². The first kappa shape index (κ1) is 16.8. The maximum atomic E-state index is 12.3. The summed E-state index contributed by atoms with van der Waals surface area (Å²) >= 11 is 1.88. The lowest BCUT2D eigenvalue weighted by atomic mass is 10.2. The molecule has 0 unspecified atom stereocenters. The van der Waals surface area contributed by atoms with Crippen molar-refractivity contribution in [3.8, 4) is 0 Å². The molecule has 0 atom stereocenters. The van der Waals surface area contributed by atoms with Gasteiger partial charge in [-0.3, -0.25) is 4.68 Å². The highest BCUT2D eigenvalue weighted by Crippen LogP contribution is 2.19. The van der Waals surface area contributed by atoms with Crippen molar-refractivity contribution in [1.29, 1.82) is 0 Å². The molecule has 120 valence electrons. The quantitative estimate of drug-likeness (QED) is 0.696. The average molecular weight is 332 g/mol. The molecule has 1 fully saturated rings. The van der Waals surface area contributed by atoms with E-state index >= 15 is 0 Å². The number of thioether (sulfide) groups is 1. The van der Waals surface area contributed by atoms with E-state index in [1.54, 1.807) is 10.9 Å². The number of rotatable bonds is 8. The predicted octanol–water partition coefficient (Wildman–Crippen LogP) is 1.06. The van der Waals surface area contributed by atoms with Crippen molar-refractivity contribution in [2.75, 3.05) is 24.6 Å². The topological polar surface area (TPSA) is 76.0 Å². The second-order valence-corrected chi connectivity index (χ2v) is 8.09. The van der Waals surface area contributed by atoms with Crippen LogP contribution in [0, 0.1) is 0 Å². The second kappa shape index (κ2) is 8.17. The maximum absolute atomic E-state index is 12.3. The van der Waals surface area contributed by atoms with E-state index in [0.29, 0.717) is 0 Å². The lowest BCUT2D eigenvalue weighted by Crippen LogP contribution is -2.37. The molecule has 2 heterocycles. The van der Waals surface area contributed by atoms with Crippen LogP contribution in [0.1, 0.15) is 26.2 Å².